The van der Waals surface area contributed by atoms with Gasteiger partial charge in [0.2, 0.25) is 0 Å². The standard InChI is InChI=1S/C12H13BrOS/c1-8-4-5-10(13)9(7-8)12(14)11-3-2-6-15-11/h4-5,7,11H,2-3,6H2,1H3. The van der Waals surface area contributed by atoms with E-state index in [-0.39, 0.29) is 11.0 Å². The van der Waals surface area contributed by atoms with Gasteiger partial charge in [0.05, 0.1) is 5.25 Å². The summed E-state index contributed by atoms with van der Waals surface area (Å²) in [5, 5.41) is 0.183. The fourth-order valence-electron chi connectivity index (χ4n) is 1.79. The van der Waals surface area contributed by atoms with Crippen LogP contribution in [0, 0.1) is 6.92 Å². The van der Waals surface area contributed by atoms with Crippen molar-refractivity contribution in [3.05, 3.63) is 33.8 Å². The van der Waals surface area contributed by atoms with Crippen molar-refractivity contribution in [1.29, 1.82) is 0 Å². The molecule has 1 heterocycles. The summed E-state index contributed by atoms with van der Waals surface area (Å²) >= 11 is 5.24. The first-order valence-electron chi connectivity index (χ1n) is 5.10. The summed E-state index contributed by atoms with van der Waals surface area (Å²) in [5.41, 5.74) is 1.99. The van der Waals surface area contributed by atoms with Crippen molar-refractivity contribution < 1.29 is 4.79 Å². The first-order valence-corrected chi connectivity index (χ1v) is 6.94. The van der Waals surface area contributed by atoms with Gasteiger partial charge in [0.25, 0.3) is 0 Å². The van der Waals surface area contributed by atoms with Crippen molar-refractivity contribution in [3.63, 3.8) is 0 Å². The van der Waals surface area contributed by atoms with Crippen molar-refractivity contribution in [2.75, 3.05) is 5.75 Å². The molecule has 80 valence electrons. The highest BCUT2D eigenvalue weighted by atomic mass is 79.9. The van der Waals surface area contributed by atoms with Crippen LogP contribution in [0.5, 0.6) is 0 Å². The van der Waals surface area contributed by atoms with Crippen LogP contribution in [0.1, 0.15) is 28.8 Å². The van der Waals surface area contributed by atoms with Gasteiger partial charge in [0, 0.05) is 10.0 Å². The van der Waals surface area contributed by atoms with Crippen LogP contribution in [-0.4, -0.2) is 16.8 Å². The van der Waals surface area contributed by atoms with Gasteiger partial charge in [-0.05, 0) is 37.7 Å². The fourth-order valence-corrected chi connectivity index (χ4v) is 3.46. The number of hydrogen-bond donors (Lipinski definition) is 0. The number of benzene rings is 1. The van der Waals surface area contributed by atoms with Crippen LogP contribution in [0.15, 0.2) is 22.7 Å². The fraction of sp³-hybridized carbons (Fsp3) is 0.417. The highest BCUT2D eigenvalue weighted by Gasteiger charge is 2.25. The number of Topliss-reactive ketones (excluding diaryl/α,β-unsaturated/α-hetero) is 1. The Hall–Kier alpha value is -0.280. The molecule has 0 bridgehead atoms. The van der Waals surface area contributed by atoms with Crippen molar-refractivity contribution in [3.8, 4) is 0 Å². The number of ketones is 1. The predicted octanol–water partition coefficient (Wildman–Crippen LogP) is 3.84. The smallest absolute Gasteiger partial charge is 0.176 e. The zero-order valence-corrected chi connectivity index (χ0v) is 11.0. The van der Waals surface area contributed by atoms with Gasteiger partial charge in [0.15, 0.2) is 5.78 Å². The Morgan fingerprint density at radius 1 is 1.53 bits per heavy atom. The first-order chi connectivity index (χ1) is 7.18. The molecule has 1 aliphatic rings. The zero-order valence-electron chi connectivity index (χ0n) is 8.63. The predicted molar refractivity (Wildman–Crippen MR) is 68.7 cm³/mol. The van der Waals surface area contributed by atoms with Gasteiger partial charge in [-0.25, -0.2) is 0 Å². The van der Waals surface area contributed by atoms with Gasteiger partial charge in [-0.3, -0.25) is 4.79 Å². The molecule has 0 amide bonds. The minimum atomic E-state index is 0.183. The summed E-state index contributed by atoms with van der Waals surface area (Å²) in [6, 6.07) is 5.95. The summed E-state index contributed by atoms with van der Waals surface area (Å²) in [6.07, 6.45) is 2.20. The van der Waals surface area contributed by atoms with E-state index in [1.54, 1.807) is 11.8 Å². The van der Waals surface area contributed by atoms with Crippen LogP contribution in [0.3, 0.4) is 0 Å². The van der Waals surface area contributed by atoms with Gasteiger partial charge >= 0.3 is 0 Å². The normalized spacial score (nSPS) is 20.5. The summed E-state index contributed by atoms with van der Waals surface area (Å²) < 4.78 is 0.922. The minimum Gasteiger partial charge on any atom is -0.293 e. The third kappa shape index (κ3) is 2.45. The maximum atomic E-state index is 12.2. The maximum absolute atomic E-state index is 12.2. The third-order valence-corrected chi connectivity index (χ3v) is 4.68. The largest absolute Gasteiger partial charge is 0.293 e. The number of rotatable bonds is 2. The van der Waals surface area contributed by atoms with Gasteiger partial charge in [0.1, 0.15) is 0 Å². The van der Waals surface area contributed by atoms with E-state index in [1.807, 2.05) is 25.1 Å². The highest BCUT2D eigenvalue weighted by Crippen LogP contribution is 2.31. The van der Waals surface area contributed by atoms with E-state index >= 15 is 0 Å². The zero-order chi connectivity index (χ0) is 10.8. The SMILES string of the molecule is Cc1ccc(Br)c(C(=O)C2CCCS2)c1. The second kappa shape index (κ2) is 4.71. The van der Waals surface area contributed by atoms with Crippen molar-refractivity contribution >= 4 is 33.5 Å². The molecule has 1 atom stereocenters. The Kier molecular flexibility index (Phi) is 3.52. The summed E-state index contributed by atoms with van der Waals surface area (Å²) in [5.74, 6) is 1.41. The Morgan fingerprint density at radius 2 is 2.33 bits per heavy atom. The molecule has 1 aromatic carbocycles. The number of halogens is 1. The lowest BCUT2D eigenvalue weighted by Crippen LogP contribution is -2.14. The summed E-state index contributed by atoms with van der Waals surface area (Å²) in [4.78, 5) is 12.2. The number of hydrogen-bond acceptors (Lipinski definition) is 2. The van der Waals surface area contributed by atoms with E-state index in [1.165, 1.54) is 6.42 Å². The molecule has 0 radical (unpaired) electrons. The maximum Gasteiger partial charge on any atom is 0.176 e. The van der Waals surface area contributed by atoms with Gasteiger partial charge in [-0.15, -0.1) is 0 Å². The van der Waals surface area contributed by atoms with Crippen LogP contribution < -0.4 is 0 Å². The lowest BCUT2D eigenvalue weighted by molar-refractivity contribution is 0.0987. The molecule has 1 nitrogen and oxygen atoms in total. The average molecular weight is 285 g/mol. The monoisotopic (exact) mass is 284 g/mol. The molecule has 0 aliphatic carbocycles. The van der Waals surface area contributed by atoms with E-state index in [9.17, 15) is 4.79 Å². The Bertz CT molecular complexity index is 383. The molecule has 0 spiro atoms. The lowest BCUT2D eigenvalue weighted by atomic mass is 10.0. The molecular formula is C12H13BrOS. The van der Waals surface area contributed by atoms with Gasteiger partial charge in [-0.2, -0.15) is 11.8 Å². The average Bonchev–Trinajstić information content (AvgIpc) is 2.74. The second-order valence-corrected chi connectivity index (χ2v) is 6.01. The molecule has 0 aromatic heterocycles. The van der Waals surface area contributed by atoms with E-state index in [0.29, 0.717) is 0 Å². The second-order valence-electron chi connectivity index (χ2n) is 3.85. The van der Waals surface area contributed by atoms with Crippen LogP contribution in [0.25, 0.3) is 0 Å². The number of aryl methyl sites for hydroxylation is 1. The Labute approximate surface area is 103 Å². The molecule has 3 heteroatoms. The van der Waals surface area contributed by atoms with Crippen LogP contribution >= 0.6 is 27.7 Å². The third-order valence-electron chi connectivity index (χ3n) is 2.61. The Morgan fingerprint density at radius 3 is 3.00 bits per heavy atom. The highest BCUT2D eigenvalue weighted by molar-refractivity contribution is 9.10. The lowest BCUT2D eigenvalue weighted by Gasteiger charge is -2.09. The number of carbonyl (C=O) groups is 1. The first kappa shape index (κ1) is 11.2. The molecule has 2 rings (SSSR count). The molecule has 1 unspecified atom stereocenters. The number of thioether (sulfide) groups is 1. The molecular weight excluding hydrogens is 272 g/mol. The van der Waals surface area contributed by atoms with E-state index in [0.717, 1.165) is 27.8 Å². The van der Waals surface area contributed by atoms with Crippen LogP contribution in [-0.2, 0) is 0 Å². The van der Waals surface area contributed by atoms with E-state index < -0.39 is 0 Å². The van der Waals surface area contributed by atoms with Gasteiger partial charge in [-0.1, -0.05) is 27.6 Å². The van der Waals surface area contributed by atoms with Crippen molar-refractivity contribution in [2.45, 2.75) is 25.0 Å². The van der Waals surface area contributed by atoms with Gasteiger partial charge < -0.3 is 0 Å². The topological polar surface area (TPSA) is 17.1 Å². The van der Waals surface area contributed by atoms with E-state index in [2.05, 4.69) is 15.9 Å². The van der Waals surface area contributed by atoms with Crippen LogP contribution in [0.2, 0.25) is 0 Å². The quantitative estimate of drug-likeness (QED) is 0.768. The summed E-state index contributed by atoms with van der Waals surface area (Å²) in [7, 11) is 0. The molecule has 1 saturated heterocycles. The molecule has 1 aliphatic heterocycles. The molecule has 15 heavy (non-hydrogen) atoms. The Balaban J connectivity index is 2.27. The molecule has 0 N–H and O–H groups in total. The molecule has 1 aromatic rings. The van der Waals surface area contributed by atoms with Crippen molar-refractivity contribution in [2.24, 2.45) is 0 Å². The van der Waals surface area contributed by atoms with Crippen molar-refractivity contribution in [1.82, 2.24) is 0 Å². The van der Waals surface area contributed by atoms with Crippen LogP contribution in [0.4, 0.5) is 0 Å². The number of carbonyl (C=O) groups excluding carboxylic acids is 1. The summed E-state index contributed by atoms with van der Waals surface area (Å²) in [6.45, 7) is 2.02. The minimum absolute atomic E-state index is 0.183. The molecule has 1 fully saturated rings. The van der Waals surface area contributed by atoms with E-state index in [4.69, 9.17) is 0 Å². The molecule has 0 saturated carbocycles.